The molecule has 0 saturated heterocycles. The Hall–Kier alpha value is -3.43. The highest BCUT2D eigenvalue weighted by atomic mass is 19.2. The summed E-state index contributed by atoms with van der Waals surface area (Å²) in [6.07, 6.45) is 0. The average Bonchev–Trinajstić information content (AvgIpc) is 3.08. The van der Waals surface area contributed by atoms with E-state index in [2.05, 4.69) is 5.16 Å². The van der Waals surface area contributed by atoms with Crippen LogP contribution >= 0.6 is 0 Å². The molecule has 0 radical (unpaired) electrons. The van der Waals surface area contributed by atoms with E-state index < -0.39 is 46.4 Å². The lowest BCUT2D eigenvalue weighted by Gasteiger charge is -2.10. The van der Waals surface area contributed by atoms with E-state index in [1.54, 1.807) is 29.6 Å². The molecule has 0 saturated carbocycles. The number of nitrogens with one attached hydrogen (secondary N) is 1. The van der Waals surface area contributed by atoms with Crippen LogP contribution in [-0.4, -0.2) is 11.1 Å². The van der Waals surface area contributed by atoms with Gasteiger partial charge in [-0.2, -0.15) is 0 Å². The van der Waals surface area contributed by atoms with Crippen molar-refractivity contribution in [3.63, 3.8) is 0 Å². The van der Waals surface area contributed by atoms with Crippen LogP contribution in [0.3, 0.4) is 0 Å². The number of hydrogen-bond donors (Lipinski definition) is 1. The van der Waals surface area contributed by atoms with Gasteiger partial charge in [0.05, 0.1) is 5.56 Å². The molecule has 5 nitrogen and oxygen atoms in total. The van der Waals surface area contributed by atoms with E-state index in [0.29, 0.717) is 5.75 Å². The van der Waals surface area contributed by atoms with Crippen LogP contribution in [0.5, 0.6) is 5.75 Å². The van der Waals surface area contributed by atoms with Crippen molar-refractivity contribution in [3.05, 3.63) is 75.9 Å². The molecule has 1 amide bonds. The molecule has 0 fully saturated rings. The Morgan fingerprint density at radius 3 is 2.10 bits per heavy atom. The SMILES string of the molecule is Cc1ccc(OCc2c(C(=O)Nc3c(F)c(F)c(F)c(F)c3F)noc2C)cc1. The third-order valence-electron chi connectivity index (χ3n) is 4.05. The zero-order chi connectivity index (χ0) is 21.3. The Bertz CT molecular complexity index is 1050. The van der Waals surface area contributed by atoms with Gasteiger partial charge in [0, 0.05) is 0 Å². The Balaban J connectivity index is 1.85. The van der Waals surface area contributed by atoms with Crippen molar-refractivity contribution in [2.75, 3.05) is 5.32 Å². The minimum Gasteiger partial charge on any atom is -0.489 e. The number of aryl methyl sites for hydroxylation is 2. The highest BCUT2D eigenvalue weighted by Gasteiger charge is 2.29. The summed E-state index contributed by atoms with van der Waals surface area (Å²) in [7, 11) is 0. The Morgan fingerprint density at radius 1 is 0.966 bits per heavy atom. The molecule has 3 aromatic rings. The number of carbonyl (C=O) groups is 1. The maximum Gasteiger partial charge on any atom is 0.278 e. The Labute approximate surface area is 161 Å². The summed E-state index contributed by atoms with van der Waals surface area (Å²) >= 11 is 0. The molecule has 0 aliphatic rings. The summed E-state index contributed by atoms with van der Waals surface area (Å²) in [5.74, 6) is -11.6. The summed E-state index contributed by atoms with van der Waals surface area (Å²) < 4.78 is 77.7. The van der Waals surface area contributed by atoms with Crippen LogP contribution in [0.2, 0.25) is 0 Å². The smallest absolute Gasteiger partial charge is 0.278 e. The van der Waals surface area contributed by atoms with Gasteiger partial charge in [-0.15, -0.1) is 0 Å². The third kappa shape index (κ3) is 3.91. The van der Waals surface area contributed by atoms with Gasteiger partial charge < -0.3 is 14.6 Å². The summed E-state index contributed by atoms with van der Waals surface area (Å²) in [6, 6.07) is 6.97. The Kier molecular flexibility index (Phi) is 5.53. The molecule has 1 aromatic heterocycles. The number of aromatic nitrogens is 1. The lowest BCUT2D eigenvalue weighted by molar-refractivity contribution is 0.101. The van der Waals surface area contributed by atoms with E-state index in [0.717, 1.165) is 5.56 Å². The molecule has 0 bridgehead atoms. The fraction of sp³-hybridized carbons (Fsp3) is 0.158. The summed E-state index contributed by atoms with van der Waals surface area (Å²) in [5, 5.41) is 5.14. The van der Waals surface area contributed by atoms with E-state index in [9.17, 15) is 26.7 Å². The van der Waals surface area contributed by atoms with Crippen molar-refractivity contribution in [2.45, 2.75) is 20.5 Å². The number of hydrogen-bond acceptors (Lipinski definition) is 4. The minimum absolute atomic E-state index is 0.145. The van der Waals surface area contributed by atoms with Crippen molar-refractivity contribution < 1.29 is 36.0 Å². The number of halogens is 5. The fourth-order valence-corrected chi connectivity index (χ4v) is 2.42. The van der Waals surface area contributed by atoms with Crippen LogP contribution in [0.4, 0.5) is 27.6 Å². The van der Waals surface area contributed by atoms with Crippen molar-refractivity contribution in [3.8, 4) is 5.75 Å². The predicted octanol–water partition coefficient (Wildman–Crippen LogP) is 4.82. The van der Waals surface area contributed by atoms with Crippen LogP contribution in [0, 0.1) is 42.9 Å². The molecular formula is C19H13F5N2O3. The van der Waals surface area contributed by atoms with Crippen molar-refractivity contribution in [2.24, 2.45) is 0 Å². The first-order valence-electron chi connectivity index (χ1n) is 8.18. The highest BCUT2D eigenvalue weighted by Crippen LogP contribution is 2.28. The molecule has 0 aliphatic heterocycles. The number of amides is 1. The monoisotopic (exact) mass is 412 g/mol. The van der Waals surface area contributed by atoms with E-state index in [-0.39, 0.29) is 17.9 Å². The number of rotatable bonds is 5. The molecule has 0 unspecified atom stereocenters. The highest BCUT2D eigenvalue weighted by molar-refractivity contribution is 6.04. The molecule has 29 heavy (non-hydrogen) atoms. The van der Waals surface area contributed by atoms with E-state index in [4.69, 9.17) is 9.26 Å². The van der Waals surface area contributed by atoms with Gasteiger partial charge in [0.25, 0.3) is 5.91 Å². The standard InChI is InChI=1S/C19H13F5N2O3/c1-8-3-5-10(6-4-8)28-7-11-9(2)29-26-17(11)19(27)25-18-15(23)13(21)12(20)14(22)16(18)24/h3-6H,7H2,1-2H3,(H,25,27). The first-order valence-corrected chi connectivity index (χ1v) is 8.18. The number of nitrogens with zero attached hydrogens (tertiary/aromatic N) is 1. The van der Waals surface area contributed by atoms with Gasteiger partial charge in [0.2, 0.25) is 5.82 Å². The van der Waals surface area contributed by atoms with Crippen LogP contribution in [-0.2, 0) is 6.61 Å². The molecule has 152 valence electrons. The van der Waals surface area contributed by atoms with Crippen LogP contribution in [0.25, 0.3) is 0 Å². The van der Waals surface area contributed by atoms with E-state index in [1.807, 2.05) is 6.92 Å². The second kappa shape index (κ2) is 7.90. The first-order chi connectivity index (χ1) is 13.7. The minimum atomic E-state index is -2.33. The second-order valence-electron chi connectivity index (χ2n) is 6.07. The van der Waals surface area contributed by atoms with Crippen LogP contribution in [0.1, 0.15) is 27.4 Å². The van der Waals surface area contributed by atoms with Gasteiger partial charge in [-0.1, -0.05) is 22.9 Å². The molecule has 3 rings (SSSR count). The normalized spacial score (nSPS) is 10.9. The van der Waals surface area contributed by atoms with Gasteiger partial charge in [0.15, 0.2) is 29.0 Å². The van der Waals surface area contributed by atoms with Gasteiger partial charge in [-0.3, -0.25) is 4.79 Å². The number of carbonyl (C=O) groups excluding carboxylic acids is 1. The van der Waals surface area contributed by atoms with E-state index >= 15 is 0 Å². The lowest BCUT2D eigenvalue weighted by Crippen LogP contribution is -2.19. The van der Waals surface area contributed by atoms with E-state index in [1.165, 1.54) is 6.92 Å². The molecule has 2 aromatic carbocycles. The Morgan fingerprint density at radius 2 is 1.52 bits per heavy atom. The number of anilines is 1. The lowest BCUT2D eigenvalue weighted by atomic mass is 10.2. The summed E-state index contributed by atoms with van der Waals surface area (Å²) in [4.78, 5) is 12.4. The molecule has 0 aliphatic carbocycles. The third-order valence-corrected chi connectivity index (χ3v) is 4.05. The molecule has 10 heteroatoms. The maximum atomic E-state index is 13.8. The first kappa shape index (κ1) is 20.3. The van der Waals surface area contributed by atoms with Gasteiger partial charge in [-0.05, 0) is 26.0 Å². The van der Waals surface area contributed by atoms with Gasteiger partial charge in [-0.25, -0.2) is 22.0 Å². The number of ether oxygens (including phenoxy) is 1. The number of benzene rings is 2. The molecule has 1 N–H and O–H groups in total. The van der Waals surface area contributed by atoms with Crippen molar-refractivity contribution in [1.29, 1.82) is 0 Å². The topological polar surface area (TPSA) is 64.4 Å². The largest absolute Gasteiger partial charge is 0.489 e. The quantitative estimate of drug-likeness (QED) is 0.371. The average molecular weight is 412 g/mol. The summed E-state index contributed by atoms with van der Waals surface area (Å²) in [6.45, 7) is 3.17. The predicted molar refractivity (Wildman–Crippen MR) is 90.9 cm³/mol. The van der Waals surface area contributed by atoms with Gasteiger partial charge >= 0.3 is 0 Å². The summed E-state index contributed by atoms with van der Waals surface area (Å²) in [5.41, 5.74) is -0.760. The maximum absolute atomic E-state index is 13.8. The van der Waals surface area contributed by atoms with Crippen molar-refractivity contribution >= 4 is 11.6 Å². The zero-order valence-electron chi connectivity index (χ0n) is 15.1. The molecule has 0 spiro atoms. The van der Waals surface area contributed by atoms with Crippen LogP contribution < -0.4 is 10.1 Å². The zero-order valence-corrected chi connectivity index (χ0v) is 15.1. The van der Waals surface area contributed by atoms with Crippen molar-refractivity contribution in [1.82, 2.24) is 5.16 Å². The fourth-order valence-electron chi connectivity index (χ4n) is 2.42. The molecule has 0 atom stereocenters. The molecule has 1 heterocycles. The molecular weight excluding hydrogens is 399 g/mol. The van der Waals surface area contributed by atoms with Gasteiger partial charge in [0.1, 0.15) is 23.8 Å². The second-order valence-corrected chi connectivity index (χ2v) is 6.07. The van der Waals surface area contributed by atoms with Crippen LogP contribution in [0.15, 0.2) is 28.8 Å².